The molecule has 1 aliphatic rings. The first-order valence-corrected chi connectivity index (χ1v) is 6.87. The second-order valence-corrected chi connectivity index (χ2v) is 5.44. The number of methoxy groups -OCH3 is 1. The van der Waals surface area contributed by atoms with Gasteiger partial charge in [0.05, 0.1) is 7.11 Å². The van der Waals surface area contributed by atoms with Crippen molar-refractivity contribution < 1.29 is 4.74 Å². The lowest BCUT2D eigenvalue weighted by atomic mass is 9.76. The fourth-order valence-electron chi connectivity index (χ4n) is 2.51. The van der Waals surface area contributed by atoms with Crippen LogP contribution in [0.15, 0.2) is 0 Å². The zero-order chi connectivity index (χ0) is 13.7. The third-order valence-electron chi connectivity index (χ3n) is 3.76. The van der Waals surface area contributed by atoms with Gasteiger partial charge in [0.2, 0.25) is 11.9 Å². The van der Waals surface area contributed by atoms with Crippen molar-refractivity contribution in [1.82, 2.24) is 15.0 Å². The minimum atomic E-state index is 0.329. The Bertz CT molecular complexity index is 395. The summed E-state index contributed by atoms with van der Waals surface area (Å²) in [5.74, 6) is 1.09. The summed E-state index contributed by atoms with van der Waals surface area (Å²) in [5.41, 5.74) is 0.345. The molecule has 0 aromatic carbocycles. The molecule has 2 rings (SSSR count). The predicted octanol–water partition coefficient (Wildman–Crippen LogP) is 2.30. The maximum Gasteiger partial charge on any atom is 0.322 e. The van der Waals surface area contributed by atoms with Crippen LogP contribution in [0.25, 0.3) is 0 Å². The van der Waals surface area contributed by atoms with Gasteiger partial charge < -0.3 is 15.4 Å². The number of hydrogen-bond donors (Lipinski definition) is 2. The summed E-state index contributed by atoms with van der Waals surface area (Å²) in [6.45, 7) is 3.22. The summed E-state index contributed by atoms with van der Waals surface area (Å²) in [6.07, 6.45) is 6.53. The molecule has 1 aromatic heterocycles. The molecule has 0 aliphatic heterocycles. The Morgan fingerprint density at radius 3 is 2.42 bits per heavy atom. The minimum Gasteiger partial charge on any atom is -0.467 e. The fourth-order valence-corrected chi connectivity index (χ4v) is 2.51. The van der Waals surface area contributed by atoms with E-state index in [0.29, 0.717) is 23.3 Å². The Hall–Kier alpha value is -1.59. The Morgan fingerprint density at radius 1 is 1.11 bits per heavy atom. The van der Waals surface area contributed by atoms with Gasteiger partial charge in [0.25, 0.3) is 0 Å². The molecule has 106 valence electrons. The highest BCUT2D eigenvalue weighted by molar-refractivity contribution is 5.35. The summed E-state index contributed by atoms with van der Waals surface area (Å²) in [6, 6.07) is 0.329. The maximum absolute atomic E-state index is 5.07. The van der Waals surface area contributed by atoms with Gasteiger partial charge in [0.15, 0.2) is 0 Å². The first kappa shape index (κ1) is 13.8. The van der Waals surface area contributed by atoms with Crippen LogP contribution in [-0.2, 0) is 0 Å². The van der Waals surface area contributed by atoms with E-state index in [1.165, 1.54) is 32.1 Å². The first-order valence-electron chi connectivity index (χ1n) is 6.87. The normalized spacial score (nSPS) is 17.8. The van der Waals surface area contributed by atoms with E-state index in [2.05, 4.69) is 32.5 Å². The van der Waals surface area contributed by atoms with E-state index in [1.54, 1.807) is 14.2 Å². The van der Waals surface area contributed by atoms with Crippen molar-refractivity contribution >= 4 is 11.9 Å². The quantitative estimate of drug-likeness (QED) is 0.851. The second kappa shape index (κ2) is 6.04. The van der Waals surface area contributed by atoms with Crippen LogP contribution >= 0.6 is 0 Å². The van der Waals surface area contributed by atoms with Gasteiger partial charge >= 0.3 is 6.01 Å². The SMILES string of the molecule is CNc1nc(NCC2(C)CCCCC2)nc(OC)n1. The van der Waals surface area contributed by atoms with Crippen LogP contribution in [0.1, 0.15) is 39.0 Å². The molecule has 1 aromatic rings. The highest BCUT2D eigenvalue weighted by Gasteiger charge is 2.26. The van der Waals surface area contributed by atoms with Crippen LogP contribution in [0, 0.1) is 5.41 Å². The van der Waals surface area contributed by atoms with E-state index in [0.717, 1.165) is 6.54 Å². The topological polar surface area (TPSA) is 72.0 Å². The molecule has 1 fully saturated rings. The summed E-state index contributed by atoms with van der Waals surface area (Å²) in [7, 11) is 3.34. The smallest absolute Gasteiger partial charge is 0.322 e. The number of nitrogens with zero attached hydrogens (tertiary/aromatic N) is 3. The Labute approximate surface area is 114 Å². The van der Waals surface area contributed by atoms with E-state index in [4.69, 9.17) is 4.74 Å². The van der Waals surface area contributed by atoms with Crippen LogP contribution in [-0.4, -0.2) is 35.7 Å². The number of aromatic nitrogens is 3. The molecular formula is C13H23N5O. The lowest BCUT2D eigenvalue weighted by Gasteiger charge is -2.33. The molecule has 0 bridgehead atoms. The highest BCUT2D eigenvalue weighted by atomic mass is 16.5. The van der Waals surface area contributed by atoms with E-state index >= 15 is 0 Å². The van der Waals surface area contributed by atoms with Crippen molar-refractivity contribution in [2.24, 2.45) is 5.41 Å². The summed E-state index contributed by atoms with van der Waals surface area (Å²) in [5, 5.41) is 6.23. The Balaban J connectivity index is 2.02. The van der Waals surface area contributed by atoms with E-state index in [-0.39, 0.29) is 0 Å². The molecule has 0 unspecified atom stereocenters. The Morgan fingerprint density at radius 2 is 1.79 bits per heavy atom. The molecule has 0 spiro atoms. The van der Waals surface area contributed by atoms with Crippen molar-refractivity contribution in [2.45, 2.75) is 39.0 Å². The Kier molecular flexibility index (Phi) is 4.39. The van der Waals surface area contributed by atoms with Crippen LogP contribution in [0.5, 0.6) is 6.01 Å². The standard InChI is InChI=1S/C13H23N5O/c1-13(7-5-4-6-8-13)9-15-11-16-10(14-2)17-12(18-11)19-3/h4-9H2,1-3H3,(H2,14,15,16,17,18). The third-order valence-corrected chi connectivity index (χ3v) is 3.76. The molecule has 1 aliphatic carbocycles. The van der Waals surface area contributed by atoms with E-state index < -0.39 is 0 Å². The van der Waals surface area contributed by atoms with Gasteiger partial charge in [-0.25, -0.2) is 0 Å². The van der Waals surface area contributed by atoms with Gasteiger partial charge in [-0.3, -0.25) is 0 Å². The molecule has 0 atom stereocenters. The second-order valence-electron chi connectivity index (χ2n) is 5.44. The van der Waals surface area contributed by atoms with Crippen molar-refractivity contribution in [2.75, 3.05) is 31.3 Å². The molecule has 1 heterocycles. The first-order chi connectivity index (χ1) is 9.15. The van der Waals surface area contributed by atoms with E-state index in [1.807, 2.05) is 0 Å². The van der Waals surface area contributed by atoms with Crippen molar-refractivity contribution in [3.05, 3.63) is 0 Å². The molecule has 0 radical (unpaired) electrons. The van der Waals surface area contributed by atoms with Gasteiger partial charge in [0.1, 0.15) is 0 Å². The number of rotatable bonds is 5. The maximum atomic E-state index is 5.07. The van der Waals surface area contributed by atoms with Gasteiger partial charge in [-0.1, -0.05) is 26.2 Å². The van der Waals surface area contributed by atoms with Gasteiger partial charge in [0, 0.05) is 13.6 Å². The van der Waals surface area contributed by atoms with Crippen LogP contribution in [0.2, 0.25) is 0 Å². The molecule has 1 saturated carbocycles. The highest BCUT2D eigenvalue weighted by Crippen LogP contribution is 2.35. The summed E-state index contributed by atoms with van der Waals surface area (Å²) < 4.78 is 5.07. The van der Waals surface area contributed by atoms with Crippen molar-refractivity contribution in [3.8, 4) is 6.01 Å². The monoisotopic (exact) mass is 265 g/mol. The largest absolute Gasteiger partial charge is 0.467 e. The van der Waals surface area contributed by atoms with Gasteiger partial charge in [-0.2, -0.15) is 15.0 Å². The zero-order valence-corrected chi connectivity index (χ0v) is 12.0. The molecule has 19 heavy (non-hydrogen) atoms. The van der Waals surface area contributed by atoms with Crippen LogP contribution in [0.4, 0.5) is 11.9 Å². The minimum absolute atomic E-state index is 0.329. The van der Waals surface area contributed by atoms with Crippen LogP contribution in [0.3, 0.4) is 0 Å². The van der Waals surface area contributed by atoms with Crippen LogP contribution < -0.4 is 15.4 Å². The van der Waals surface area contributed by atoms with E-state index in [9.17, 15) is 0 Å². The number of anilines is 2. The molecule has 2 N–H and O–H groups in total. The molecule has 0 saturated heterocycles. The lowest BCUT2D eigenvalue weighted by Crippen LogP contribution is -2.29. The third kappa shape index (κ3) is 3.68. The summed E-state index contributed by atoms with van der Waals surface area (Å²) in [4.78, 5) is 12.6. The molecular weight excluding hydrogens is 242 g/mol. The molecule has 6 heteroatoms. The van der Waals surface area contributed by atoms with Crippen molar-refractivity contribution in [3.63, 3.8) is 0 Å². The zero-order valence-electron chi connectivity index (χ0n) is 12.0. The predicted molar refractivity (Wildman–Crippen MR) is 75.6 cm³/mol. The molecule has 0 amide bonds. The average molecular weight is 265 g/mol. The summed E-state index contributed by atoms with van der Waals surface area (Å²) >= 11 is 0. The fraction of sp³-hybridized carbons (Fsp3) is 0.769. The van der Waals surface area contributed by atoms with Crippen molar-refractivity contribution in [1.29, 1.82) is 0 Å². The van der Waals surface area contributed by atoms with Gasteiger partial charge in [-0.05, 0) is 18.3 Å². The van der Waals surface area contributed by atoms with Gasteiger partial charge in [-0.15, -0.1) is 0 Å². The number of hydrogen-bond acceptors (Lipinski definition) is 6. The molecule has 6 nitrogen and oxygen atoms in total. The number of ether oxygens (including phenoxy) is 1. The average Bonchev–Trinajstić information content (AvgIpc) is 2.45. The number of nitrogens with one attached hydrogen (secondary N) is 2. The lowest BCUT2D eigenvalue weighted by molar-refractivity contribution is 0.233.